The van der Waals surface area contributed by atoms with Crippen LogP contribution < -0.4 is 4.74 Å². The van der Waals surface area contributed by atoms with E-state index in [-0.39, 0.29) is 0 Å². The van der Waals surface area contributed by atoms with Crippen LogP contribution in [0.3, 0.4) is 0 Å². The van der Waals surface area contributed by atoms with Crippen LogP contribution in [0.2, 0.25) is 0 Å². The maximum atomic E-state index is 14.1. The SMILES string of the molecule is C/C=C/CCC1CCC2CC(C3CCC(C(=O)Oc4ccc(C(F)(F)F)c(F)c4F)CC3)CCC2C1. The van der Waals surface area contributed by atoms with Crippen LogP contribution in [0.1, 0.15) is 89.5 Å². The van der Waals surface area contributed by atoms with E-state index in [0.717, 1.165) is 30.6 Å². The van der Waals surface area contributed by atoms with Crippen molar-refractivity contribution < 1.29 is 31.5 Å². The Balaban J connectivity index is 1.25. The van der Waals surface area contributed by atoms with Crippen LogP contribution in [-0.4, -0.2) is 5.97 Å². The predicted molar refractivity (Wildman–Crippen MR) is 128 cm³/mol. The molecule has 1 aromatic carbocycles. The van der Waals surface area contributed by atoms with Crippen LogP contribution in [0, 0.1) is 47.1 Å². The zero-order valence-corrected chi connectivity index (χ0v) is 21.0. The van der Waals surface area contributed by atoms with Crippen molar-refractivity contribution in [1.82, 2.24) is 0 Å². The highest BCUT2D eigenvalue weighted by atomic mass is 19.4. The molecule has 0 aromatic heterocycles. The van der Waals surface area contributed by atoms with E-state index in [2.05, 4.69) is 19.1 Å². The van der Waals surface area contributed by atoms with Gasteiger partial charge in [-0.2, -0.15) is 17.6 Å². The van der Waals surface area contributed by atoms with Gasteiger partial charge in [0.15, 0.2) is 11.6 Å². The van der Waals surface area contributed by atoms with Gasteiger partial charge in [0.1, 0.15) is 0 Å². The standard InChI is InChI=1S/C29H37F5O2/c1-2-3-4-5-18-6-7-23-17-22(13-12-21(23)16-18)19-8-10-20(11-9-19)28(35)36-25-15-14-24(29(32,33)34)26(30)27(25)31/h2-3,14-15,18-23H,4-13,16-17H2,1H3/b3-2+. The Labute approximate surface area is 210 Å². The fourth-order valence-corrected chi connectivity index (χ4v) is 7.06. The lowest BCUT2D eigenvalue weighted by Gasteiger charge is -2.45. The second kappa shape index (κ2) is 11.6. The van der Waals surface area contributed by atoms with Crippen LogP contribution in [-0.2, 0) is 11.0 Å². The number of hydrogen-bond donors (Lipinski definition) is 0. The van der Waals surface area contributed by atoms with Gasteiger partial charge < -0.3 is 4.74 Å². The minimum atomic E-state index is -5.02. The molecule has 4 atom stereocenters. The van der Waals surface area contributed by atoms with E-state index in [1.165, 1.54) is 51.4 Å². The summed E-state index contributed by atoms with van der Waals surface area (Å²) in [5.41, 5.74) is -1.71. The number of esters is 1. The lowest BCUT2D eigenvalue weighted by atomic mass is 9.60. The van der Waals surface area contributed by atoms with E-state index >= 15 is 0 Å². The van der Waals surface area contributed by atoms with Gasteiger partial charge in [0.2, 0.25) is 5.82 Å². The maximum Gasteiger partial charge on any atom is 0.419 e. The van der Waals surface area contributed by atoms with Crippen molar-refractivity contribution in [3.05, 3.63) is 41.5 Å². The molecule has 1 aromatic rings. The summed E-state index contributed by atoms with van der Waals surface area (Å²) < 4.78 is 71.2. The minimum absolute atomic E-state index is 0.407. The number of ether oxygens (including phenoxy) is 1. The average molecular weight is 513 g/mol. The largest absolute Gasteiger partial charge is 0.423 e. The van der Waals surface area contributed by atoms with Crippen LogP contribution in [0.15, 0.2) is 24.3 Å². The number of fused-ring (bicyclic) bond motifs is 1. The fourth-order valence-electron chi connectivity index (χ4n) is 7.06. The highest BCUT2D eigenvalue weighted by Gasteiger charge is 2.40. The first-order chi connectivity index (χ1) is 17.2. The maximum absolute atomic E-state index is 14.1. The summed E-state index contributed by atoms with van der Waals surface area (Å²) >= 11 is 0. The van der Waals surface area contributed by atoms with Gasteiger partial charge in [0.05, 0.1) is 11.5 Å². The van der Waals surface area contributed by atoms with Crippen LogP contribution in [0.25, 0.3) is 0 Å². The Hall–Kier alpha value is -1.92. The molecule has 7 heteroatoms. The van der Waals surface area contributed by atoms with E-state index in [4.69, 9.17) is 4.74 Å². The van der Waals surface area contributed by atoms with Gasteiger partial charge in [-0.15, -0.1) is 0 Å². The van der Waals surface area contributed by atoms with E-state index in [0.29, 0.717) is 36.8 Å². The third-order valence-corrected chi connectivity index (χ3v) is 9.07. The van der Waals surface area contributed by atoms with Gasteiger partial charge in [0, 0.05) is 0 Å². The summed E-state index contributed by atoms with van der Waals surface area (Å²) in [7, 11) is 0. The number of halogens is 5. The van der Waals surface area contributed by atoms with Crippen molar-refractivity contribution >= 4 is 5.97 Å². The molecule has 0 saturated heterocycles. The Kier molecular flexibility index (Phi) is 8.77. The number of allylic oxidation sites excluding steroid dienone is 2. The molecule has 0 aliphatic heterocycles. The molecule has 0 heterocycles. The van der Waals surface area contributed by atoms with E-state index in [1.54, 1.807) is 0 Å². The summed E-state index contributed by atoms with van der Waals surface area (Å²) in [4.78, 5) is 12.6. The quantitative estimate of drug-likeness (QED) is 0.165. The van der Waals surface area contributed by atoms with Crippen molar-refractivity contribution in [2.75, 3.05) is 0 Å². The van der Waals surface area contributed by atoms with Crippen molar-refractivity contribution in [1.29, 1.82) is 0 Å². The summed E-state index contributed by atoms with van der Waals surface area (Å²) in [6, 6.07) is 1.09. The normalized spacial score (nSPS) is 31.3. The van der Waals surface area contributed by atoms with Crippen molar-refractivity contribution in [2.24, 2.45) is 35.5 Å². The number of hydrogen-bond acceptors (Lipinski definition) is 2. The van der Waals surface area contributed by atoms with Gasteiger partial charge in [-0.25, -0.2) is 4.39 Å². The summed E-state index contributed by atoms with van der Waals surface area (Å²) in [6.07, 6.45) is 12.8. The number of carbonyl (C=O) groups is 1. The molecule has 36 heavy (non-hydrogen) atoms. The highest BCUT2D eigenvalue weighted by molar-refractivity contribution is 5.75. The van der Waals surface area contributed by atoms with E-state index in [9.17, 15) is 26.7 Å². The molecule has 4 unspecified atom stereocenters. The van der Waals surface area contributed by atoms with Gasteiger partial charge in [-0.05, 0) is 119 Å². The van der Waals surface area contributed by atoms with Gasteiger partial charge in [-0.3, -0.25) is 4.79 Å². The van der Waals surface area contributed by atoms with E-state index < -0.39 is 41.0 Å². The molecular formula is C29H37F5O2. The molecular weight excluding hydrogens is 475 g/mol. The van der Waals surface area contributed by atoms with E-state index in [1.807, 2.05) is 0 Å². The zero-order chi connectivity index (χ0) is 25.9. The molecule has 0 spiro atoms. The topological polar surface area (TPSA) is 26.3 Å². The molecule has 3 saturated carbocycles. The molecule has 0 amide bonds. The van der Waals surface area contributed by atoms with Crippen molar-refractivity contribution in [3.63, 3.8) is 0 Å². The Morgan fingerprint density at radius 3 is 2.17 bits per heavy atom. The second-order valence-corrected chi connectivity index (χ2v) is 11.2. The number of benzene rings is 1. The molecule has 0 radical (unpaired) electrons. The first kappa shape index (κ1) is 27.1. The summed E-state index contributed by atoms with van der Waals surface area (Å²) in [6.45, 7) is 2.08. The minimum Gasteiger partial charge on any atom is -0.423 e. The number of carbonyl (C=O) groups excluding carboxylic acids is 1. The first-order valence-electron chi connectivity index (χ1n) is 13.5. The Bertz CT molecular complexity index is 932. The molecule has 3 aliphatic rings. The predicted octanol–water partition coefficient (Wildman–Crippen LogP) is 8.88. The third kappa shape index (κ3) is 6.31. The smallest absolute Gasteiger partial charge is 0.419 e. The van der Waals surface area contributed by atoms with Crippen LogP contribution in [0.4, 0.5) is 22.0 Å². The van der Waals surface area contributed by atoms with Crippen molar-refractivity contribution in [3.8, 4) is 5.75 Å². The molecule has 200 valence electrons. The highest BCUT2D eigenvalue weighted by Crippen LogP contribution is 2.49. The lowest BCUT2D eigenvalue weighted by molar-refractivity contribution is -0.141. The summed E-state index contributed by atoms with van der Waals surface area (Å²) in [5, 5.41) is 0. The third-order valence-electron chi connectivity index (χ3n) is 9.07. The second-order valence-electron chi connectivity index (χ2n) is 11.2. The van der Waals surface area contributed by atoms with Gasteiger partial charge >= 0.3 is 12.1 Å². The van der Waals surface area contributed by atoms with Crippen LogP contribution >= 0.6 is 0 Å². The van der Waals surface area contributed by atoms with Gasteiger partial charge in [0.25, 0.3) is 0 Å². The lowest BCUT2D eigenvalue weighted by Crippen LogP contribution is -2.35. The molecule has 4 rings (SSSR count). The molecule has 3 aliphatic carbocycles. The molecule has 0 N–H and O–H groups in total. The van der Waals surface area contributed by atoms with Gasteiger partial charge in [-0.1, -0.05) is 18.6 Å². The monoisotopic (exact) mass is 512 g/mol. The Morgan fingerprint density at radius 2 is 1.50 bits per heavy atom. The van der Waals surface area contributed by atoms with Crippen LogP contribution in [0.5, 0.6) is 5.75 Å². The average Bonchev–Trinajstić information content (AvgIpc) is 2.86. The zero-order valence-electron chi connectivity index (χ0n) is 21.0. The molecule has 0 bridgehead atoms. The molecule has 3 fully saturated rings. The fraction of sp³-hybridized carbons (Fsp3) is 0.690. The number of rotatable bonds is 6. The molecule has 2 nitrogen and oxygen atoms in total. The van der Waals surface area contributed by atoms with Crippen molar-refractivity contribution in [2.45, 2.75) is 90.1 Å². The Morgan fingerprint density at radius 1 is 0.889 bits per heavy atom. The number of alkyl halides is 3. The first-order valence-corrected chi connectivity index (χ1v) is 13.5. The summed E-state index contributed by atoms with van der Waals surface area (Å²) in [5.74, 6) is -1.93.